The number of benzene rings is 1. The van der Waals surface area contributed by atoms with Gasteiger partial charge in [-0.25, -0.2) is 0 Å². The van der Waals surface area contributed by atoms with Crippen molar-refractivity contribution in [3.63, 3.8) is 0 Å². The Morgan fingerprint density at radius 2 is 2.04 bits per heavy atom. The minimum Gasteiger partial charge on any atom is -0.326 e. The SMILES string of the molecule is CC(=O)Nc1cccc(-n2c(SCCN3CCCCC3)nnc2C2CC2)c1. The third kappa shape index (κ3) is 4.71. The van der Waals surface area contributed by atoms with E-state index in [1.165, 1.54) is 52.1 Å². The van der Waals surface area contributed by atoms with Gasteiger partial charge in [0.25, 0.3) is 0 Å². The van der Waals surface area contributed by atoms with Gasteiger partial charge in [-0.2, -0.15) is 0 Å². The summed E-state index contributed by atoms with van der Waals surface area (Å²) < 4.78 is 2.18. The summed E-state index contributed by atoms with van der Waals surface area (Å²) in [6.07, 6.45) is 6.38. The average Bonchev–Trinajstić information content (AvgIpc) is 3.42. The first-order valence-electron chi connectivity index (χ1n) is 9.89. The van der Waals surface area contributed by atoms with Gasteiger partial charge in [0.2, 0.25) is 5.91 Å². The van der Waals surface area contributed by atoms with Crippen molar-refractivity contribution in [1.29, 1.82) is 0 Å². The van der Waals surface area contributed by atoms with E-state index in [1.54, 1.807) is 11.8 Å². The number of aromatic nitrogens is 3. The fraction of sp³-hybridized carbons (Fsp3) is 0.550. The lowest BCUT2D eigenvalue weighted by molar-refractivity contribution is -0.114. The van der Waals surface area contributed by atoms with Crippen LogP contribution in [-0.2, 0) is 4.79 Å². The molecule has 0 spiro atoms. The van der Waals surface area contributed by atoms with E-state index >= 15 is 0 Å². The zero-order valence-electron chi connectivity index (χ0n) is 15.9. The monoisotopic (exact) mass is 385 g/mol. The van der Waals surface area contributed by atoms with E-state index in [-0.39, 0.29) is 5.91 Å². The lowest BCUT2D eigenvalue weighted by Crippen LogP contribution is -2.31. The van der Waals surface area contributed by atoms with Gasteiger partial charge in [-0.05, 0) is 57.0 Å². The molecule has 1 aliphatic carbocycles. The average molecular weight is 386 g/mol. The van der Waals surface area contributed by atoms with E-state index in [0.717, 1.165) is 34.7 Å². The van der Waals surface area contributed by atoms with Crippen molar-refractivity contribution in [2.24, 2.45) is 0 Å². The van der Waals surface area contributed by atoms with Crippen molar-refractivity contribution in [2.45, 2.75) is 50.1 Å². The minimum absolute atomic E-state index is 0.0607. The van der Waals surface area contributed by atoms with Gasteiger partial charge in [0, 0.05) is 30.8 Å². The van der Waals surface area contributed by atoms with Crippen LogP contribution in [0.1, 0.15) is 50.8 Å². The Labute approximate surface area is 164 Å². The molecule has 1 saturated heterocycles. The molecule has 1 N–H and O–H groups in total. The summed E-state index contributed by atoms with van der Waals surface area (Å²) >= 11 is 1.78. The number of likely N-dealkylation sites (tertiary alicyclic amines) is 1. The van der Waals surface area contributed by atoms with Crippen molar-refractivity contribution in [2.75, 3.05) is 30.7 Å². The van der Waals surface area contributed by atoms with Gasteiger partial charge in [0.05, 0.1) is 5.69 Å². The van der Waals surface area contributed by atoms with Gasteiger partial charge in [-0.3, -0.25) is 9.36 Å². The normalized spacial score (nSPS) is 17.8. The van der Waals surface area contributed by atoms with Crippen molar-refractivity contribution in [3.05, 3.63) is 30.1 Å². The minimum atomic E-state index is -0.0607. The van der Waals surface area contributed by atoms with Crippen LogP contribution in [0.25, 0.3) is 5.69 Å². The van der Waals surface area contributed by atoms with Crippen LogP contribution < -0.4 is 5.32 Å². The number of carbonyl (C=O) groups is 1. The fourth-order valence-electron chi connectivity index (χ4n) is 3.60. The summed E-state index contributed by atoms with van der Waals surface area (Å²) in [6.45, 7) is 5.07. The summed E-state index contributed by atoms with van der Waals surface area (Å²) in [5, 5.41) is 12.8. The quantitative estimate of drug-likeness (QED) is 0.737. The van der Waals surface area contributed by atoms with Crippen molar-refractivity contribution in [1.82, 2.24) is 19.7 Å². The maximum atomic E-state index is 11.4. The molecule has 0 radical (unpaired) electrons. The molecule has 7 heteroatoms. The number of nitrogens with zero attached hydrogens (tertiary/aromatic N) is 4. The molecular formula is C20H27N5OS. The maximum Gasteiger partial charge on any atom is 0.221 e. The lowest BCUT2D eigenvalue weighted by Gasteiger charge is -2.25. The molecule has 27 heavy (non-hydrogen) atoms. The summed E-state index contributed by atoms with van der Waals surface area (Å²) in [5.74, 6) is 2.53. The molecule has 2 aromatic rings. The Kier molecular flexibility index (Phi) is 5.78. The van der Waals surface area contributed by atoms with Crippen molar-refractivity contribution in [3.8, 4) is 5.69 Å². The maximum absolute atomic E-state index is 11.4. The number of rotatable bonds is 7. The molecule has 0 atom stereocenters. The summed E-state index contributed by atoms with van der Waals surface area (Å²) in [4.78, 5) is 14.0. The highest BCUT2D eigenvalue weighted by Gasteiger charge is 2.31. The summed E-state index contributed by atoms with van der Waals surface area (Å²) in [6, 6.07) is 7.95. The molecule has 2 aliphatic rings. The number of carbonyl (C=O) groups excluding carboxylic acids is 1. The van der Waals surface area contributed by atoms with Crippen LogP contribution in [0.4, 0.5) is 5.69 Å². The number of piperidine rings is 1. The van der Waals surface area contributed by atoms with Gasteiger partial charge in [-0.1, -0.05) is 24.2 Å². The third-order valence-electron chi connectivity index (χ3n) is 5.11. The number of nitrogens with one attached hydrogen (secondary N) is 1. The van der Waals surface area contributed by atoms with Gasteiger partial charge in [-0.15, -0.1) is 10.2 Å². The van der Waals surface area contributed by atoms with E-state index in [4.69, 9.17) is 0 Å². The molecule has 1 saturated carbocycles. The zero-order valence-corrected chi connectivity index (χ0v) is 16.7. The molecule has 2 fully saturated rings. The topological polar surface area (TPSA) is 63.1 Å². The van der Waals surface area contributed by atoms with Gasteiger partial charge < -0.3 is 10.2 Å². The molecule has 1 aliphatic heterocycles. The van der Waals surface area contributed by atoms with Crippen LogP contribution in [0.3, 0.4) is 0 Å². The molecule has 1 amide bonds. The van der Waals surface area contributed by atoms with Gasteiger partial charge >= 0.3 is 0 Å². The highest BCUT2D eigenvalue weighted by molar-refractivity contribution is 7.99. The third-order valence-corrected chi connectivity index (χ3v) is 6.02. The highest BCUT2D eigenvalue weighted by Crippen LogP contribution is 2.41. The second-order valence-electron chi connectivity index (χ2n) is 7.43. The lowest BCUT2D eigenvalue weighted by atomic mass is 10.1. The molecular weight excluding hydrogens is 358 g/mol. The first kappa shape index (κ1) is 18.5. The standard InChI is InChI=1S/C20H27N5OS/c1-15(26)21-17-6-5-7-18(14-17)25-19(16-8-9-16)22-23-20(25)27-13-12-24-10-3-2-4-11-24/h5-7,14,16H,2-4,8-13H2,1H3,(H,21,26). The number of hydrogen-bond acceptors (Lipinski definition) is 5. The fourth-order valence-corrected chi connectivity index (χ4v) is 4.56. The number of anilines is 1. The predicted molar refractivity (Wildman–Crippen MR) is 109 cm³/mol. The van der Waals surface area contributed by atoms with E-state index < -0.39 is 0 Å². The van der Waals surface area contributed by atoms with Crippen LogP contribution in [0.15, 0.2) is 29.4 Å². The highest BCUT2D eigenvalue weighted by atomic mass is 32.2. The van der Waals surface area contributed by atoms with Crippen LogP contribution in [0.5, 0.6) is 0 Å². The Hall–Kier alpha value is -1.86. The molecule has 6 nitrogen and oxygen atoms in total. The molecule has 0 bridgehead atoms. The Balaban J connectivity index is 1.52. The zero-order chi connectivity index (χ0) is 18.6. The second-order valence-corrected chi connectivity index (χ2v) is 8.49. The number of hydrogen-bond donors (Lipinski definition) is 1. The van der Waals surface area contributed by atoms with Crippen molar-refractivity contribution >= 4 is 23.4 Å². The Morgan fingerprint density at radius 1 is 1.22 bits per heavy atom. The van der Waals surface area contributed by atoms with Crippen LogP contribution in [0.2, 0.25) is 0 Å². The summed E-state index contributed by atoms with van der Waals surface area (Å²) in [5.41, 5.74) is 1.83. The molecule has 2 heterocycles. The van der Waals surface area contributed by atoms with Crippen LogP contribution in [-0.4, -0.2) is 51.0 Å². The largest absolute Gasteiger partial charge is 0.326 e. The number of thioether (sulfide) groups is 1. The Bertz CT molecular complexity index is 795. The summed E-state index contributed by atoms with van der Waals surface area (Å²) in [7, 11) is 0. The van der Waals surface area contributed by atoms with E-state index in [0.29, 0.717) is 5.92 Å². The van der Waals surface area contributed by atoms with Crippen LogP contribution in [0, 0.1) is 0 Å². The van der Waals surface area contributed by atoms with Crippen LogP contribution >= 0.6 is 11.8 Å². The predicted octanol–water partition coefficient (Wildman–Crippen LogP) is 3.68. The Morgan fingerprint density at radius 3 is 2.78 bits per heavy atom. The molecule has 144 valence electrons. The smallest absolute Gasteiger partial charge is 0.221 e. The van der Waals surface area contributed by atoms with E-state index in [9.17, 15) is 4.79 Å². The molecule has 1 aromatic carbocycles. The second kappa shape index (κ2) is 8.44. The first-order chi connectivity index (χ1) is 13.2. The van der Waals surface area contributed by atoms with E-state index in [2.05, 4.69) is 31.0 Å². The van der Waals surface area contributed by atoms with Gasteiger partial charge in [0.15, 0.2) is 5.16 Å². The molecule has 0 unspecified atom stereocenters. The number of amides is 1. The van der Waals surface area contributed by atoms with E-state index in [1.807, 2.05) is 18.2 Å². The molecule has 4 rings (SSSR count). The molecule has 1 aromatic heterocycles. The van der Waals surface area contributed by atoms with Gasteiger partial charge in [0.1, 0.15) is 5.82 Å². The van der Waals surface area contributed by atoms with Crippen molar-refractivity contribution < 1.29 is 4.79 Å². The first-order valence-corrected chi connectivity index (χ1v) is 10.9.